The van der Waals surface area contributed by atoms with E-state index in [2.05, 4.69) is 26.2 Å². The van der Waals surface area contributed by atoms with Crippen LogP contribution < -0.4 is 5.32 Å². The second-order valence-corrected chi connectivity index (χ2v) is 5.12. The first-order valence-corrected chi connectivity index (χ1v) is 5.64. The fourth-order valence-electron chi connectivity index (χ4n) is 0.901. The first-order chi connectivity index (χ1) is 6.08. The molecule has 1 aromatic heterocycles. The van der Waals surface area contributed by atoms with Crippen molar-refractivity contribution in [1.29, 1.82) is 0 Å². The number of amides is 1. The first-order valence-electron chi connectivity index (χ1n) is 3.97. The molecule has 0 saturated heterocycles. The predicted octanol–water partition coefficient (Wildman–Crippen LogP) is 1.97. The van der Waals surface area contributed by atoms with Crippen LogP contribution in [0.3, 0.4) is 0 Å². The second kappa shape index (κ2) is 4.72. The van der Waals surface area contributed by atoms with Crippen LogP contribution in [0.15, 0.2) is 9.30 Å². The summed E-state index contributed by atoms with van der Waals surface area (Å²) in [5, 5.41) is 4.69. The van der Waals surface area contributed by atoms with Crippen LogP contribution in [0.4, 0.5) is 0 Å². The molecule has 3 nitrogen and oxygen atoms in total. The van der Waals surface area contributed by atoms with E-state index in [-0.39, 0.29) is 11.9 Å². The van der Waals surface area contributed by atoms with Gasteiger partial charge in [-0.2, -0.15) is 0 Å². The molecule has 72 valence electrons. The van der Waals surface area contributed by atoms with Crippen LogP contribution in [-0.4, -0.2) is 16.9 Å². The van der Waals surface area contributed by atoms with E-state index in [4.69, 9.17) is 0 Å². The van der Waals surface area contributed by atoms with Crippen molar-refractivity contribution in [3.05, 3.63) is 15.0 Å². The summed E-state index contributed by atoms with van der Waals surface area (Å²) >= 11 is 4.74. The molecular weight excluding hydrogens is 252 g/mol. The predicted molar refractivity (Wildman–Crippen MR) is 56.8 cm³/mol. The lowest BCUT2D eigenvalue weighted by molar-refractivity contribution is -0.120. The quantitative estimate of drug-likeness (QED) is 0.905. The standard InChI is InChI=1S/C8H11BrN2OS/c1-5(2)10-7(12)3-6-4-13-8(9)11-6/h4-5H,3H2,1-2H3,(H,10,12). The SMILES string of the molecule is CC(C)NC(=O)Cc1csc(Br)n1. The summed E-state index contributed by atoms with van der Waals surface area (Å²) in [6, 6.07) is 0.189. The molecule has 0 saturated carbocycles. The molecule has 0 radical (unpaired) electrons. The van der Waals surface area contributed by atoms with Crippen molar-refractivity contribution in [2.45, 2.75) is 26.3 Å². The summed E-state index contributed by atoms with van der Waals surface area (Å²) < 4.78 is 0.819. The van der Waals surface area contributed by atoms with Crippen LogP contribution in [0.2, 0.25) is 0 Å². The average molecular weight is 263 g/mol. The molecule has 0 aliphatic rings. The van der Waals surface area contributed by atoms with E-state index in [1.165, 1.54) is 11.3 Å². The third-order valence-electron chi connectivity index (χ3n) is 1.32. The van der Waals surface area contributed by atoms with E-state index in [1.54, 1.807) is 0 Å². The Morgan fingerprint density at radius 1 is 1.77 bits per heavy atom. The van der Waals surface area contributed by atoms with E-state index in [0.717, 1.165) is 9.61 Å². The van der Waals surface area contributed by atoms with Crippen LogP contribution >= 0.6 is 27.3 Å². The van der Waals surface area contributed by atoms with Gasteiger partial charge in [0.2, 0.25) is 5.91 Å². The van der Waals surface area contributed by atoms with Gasteiger partial charge in [-0.1, -0.05) is 0 Å². The normalized spacial score (nSPS) is 10.5. The topological polar surface area (TPSA) is 42.0 Å². The lowest BCUT2D eigenvalue weighted by Crippen LogP contribution is -2.31. The van der Waals surface area contributed by atoms with Gasteiger partial charge in [-0.05, 0) is 29.8 Å². The molecule has 1 N–H and O–H groups in total. The number of aromatic nitrogens is 1. The van der Waals surface area contributed by atoms with E-state index in [0.29, 0.717) is 6.42 Å². The zero-order valence-corrected chi connectivity index (χ0v) is 9.91. The molecule has 1 amide bonds. The zero-order chi connectivity index (χ0) is 9.84. The van der Waals surface area contributed by atoms with Gasteiger partial charge in [0, 0.05) is 11.4 Å². The van der Waals surface area contributed by atoms with Gasteiger partial charge in [0.25, 0.3) is 0 Å². The van der Waals surface area contributed by atoms with E-state index in [1.807, 2.05) is 19.2 Å². The molecule has 0 bridgehead atoms. The molecule has 5 heteroatoms. The summed E-state index contributed by atoms with van der Waals surface area (Å²) in [7, 11) is 0. The van der Waals surface area contributed by atoms with Crippen molar-refractivity contribution in [2.24, 2.45) is 0 Å². The molecule has 0 aromatic carbocycles. The summed E-state index contributed by atoms with van der Waals surface area (Å²) in [5.74, 6) is 0.0211. The number of hydrogen-bond donors (Lipinski definition) is 1. The molecule has 1 heterocycles. The van der Waals surface area contributed by atoms with Gasteiger partial charge < -0.3 is 5.32 Å². The number of carbonyl (C=O) groups excluding carboxylic acids is 1. The summed E-state index contributed by atoms with van der Waals surface area (Å²) in [4.78, 5) is 15.4. The lowest BCUT2D eigenvalue weighted by Gasteiger charge is -2.06. The van der Waals surface area contributed by atoms with Crippen LogP contribution in [-0.2, 0) is 11.2 Å². The number of thiazole rings is 1. The van der Waals surface area contributed by atoms with Crippen LogP contribution in [0.1, 0.15) is 19.5 Å². The number of nitrogens with zero attached hydrogens (tertiary/aromatic N) is 1. The summed E-state index contributed by atoms with van der Waals surface area (Å²) in [5.41, 5.74) is 0.815. The van der Waals surface area contributed by atoms with Crippen molar-refractivity contribution in [1.82, 2.24) is 10.3 Å². The van der Waals surface area contributed by atoms with Crippen molar-refractivity contribution in [3.63, 3.8) is 0 Å². The lowest BCUT2D eigenvalue weighted by atomic mass is 10.3. The van der Waals surface area contributed by atoms with Gasteiger partial charge in [0.05, 0.1) is 12.1 Å². The Labute approximate surface area is 89.7 Å². The van der Waals surface area contributed by atoms with Crippen molar-refractivity contribution in [3.8, 4) is 0 Å². The minimum Gasteiger partial charge on any atom is -0.354 e. The maximum absolute atomic E-state index is 11.3. The Morgan fingerprint density at radius 3 is 2.92 bits per heavy atom. The van der Waals surface area contributed by atoms with E-state index in [9.17, 15) is 4.79 Å². The Balaban J connectivity index is 2.45. The minimum atomic E-state index is 0.0211. The Morgan fingerprint density at radius 2 is 2.46 bits per heavy atom. The van der Waals surface area contributed by atoms with Gasteiger partial charge in [0.1, 0.15) is 0 Å². The van der Waals surface area contributed by atoms with Gasteiger partial charge in [-0.3, -0.25) is 4.79 Å². The fraction of sp³-hybridized carbons (Fsp3) is 0.500. The highest BCUT2D eigenvalue weighted by Gasteiger charge is 2.07. The number of halogens is 1. The number of rotatable bonds is 3. The highest BCUT2D eigenvalue weighted by Crippen LogP contribution is 2.15. The highest BCUT2D eigenvalue weighted by molar-refractivity contribution is 9.11. The average Bonchev–Trinajstić information content (AvgIpc) is 2.33. The number of hydrogen-bond acceptors (Lipinski definition) is 3. The van der Waals surface area contributed by atoms with Gasteiger partial charge >= 0.3 is 0 Å². The van der Waals surface area contributed by atoms with Crippen molar-refractivity contribution in [2.75, 3.05) is 0 Å². The molecule has 0 spiro atoms. The zero-order valence-electron chi connectivity index (χ0n) is 7.50. The van der Waals surface area contributed by atoms with Gasteiger partial charge in [-0.15, -0.1) is 11.3 Å². The molecule has 1 aromatic rings. The molecular formula is C8H11BrN2OS. The monoisotopic (exact) mass is 262 g/mol. The van der Waals surface area contributed by atoms with Crippen LogP contribution in [0, 0.1) is 0 Å². The summed E-state index contributed by atoms with van der Waals surface area (Å²) in [6.45, 7) is 3.88. The summed E-state index contributed by atoms with van der Waals surface area (Å²) in [6.07, 6.45) is 0.361. The van der Waals surface area contributed by atoms with Gasteiger partial charge in [0.15, 0.2) is 3.92 Å². The van der Waals surface area contributed by atoms with Crippen molar-refractivity contribution < 1.29 is 4.79 Å². The van der Waals surface area contributed by atoms with Crippen LogP contribution in [0.25, 0.3) is 0 Å². The molecule has 0 aliphatic heterocycles. The minimum absolute atomic E-state index is 0.0211. The van der Waals surface area contributed by atoms with Crippen molar-refractivity contribution >= 4 is 33.2 Å². The third-order valence-corrected chi connectivity index (χ3v) is 2.73. The van der Waals surface area contributed by atoms with Gasteiger partial charge in [-0.25, -0.2) is 4.98 Å². The maximum Gasteiger partial charge on any atom is 0.226 e. The number of carbonyl (C=O) groups is 1. The molecule has 0 atom stereocenters. The van der Waals surface area contributed by atoms with Crippen LogP contribution in [0.5, 0.6) is 0 Å². The highest BCUT2D eigenvalue weighted by atomic mass is 79.9. The third kappa shape index (κ3) is 3.87. The Hall–Kier alpha value is -0.420. The Bertz CT molecular complexity index is 298. The molecule has 0 unspecified atom stereocenters. The number of nitrogens with one attached hydrogen (secondary N) is 1. The van der Waals surface area contributed by atoms with E-state index < -0.39 is 0 Å². The Kier molecular flexibility index (Phi) is 3.87. The second-order valence-electron chi connectivity index (χ2n) is 2.99. The molecule has 0 aliphatic carbocycles. The first kappa shape index (κ1) is 10.7. The smallest absolute Gasteiger partial charge is 0.226 e. The maximum atomic E-state index is 11.3. The largest absolute Gasteiger partial charge is 0.354 e. The molecule has 13 heavy (non-hydrogen) atoms. The molecule has 0 fully saturated rings. The molecule has 1 rings (SSSR count). The fourth-order valence-corrected chi connectivity index (χ4v) is 1.95. The van der Waals surface area contributed by atoms with E-state index >= 15 is 0 Å².